The van der Waals surface area contributed by atoms with Gasteiger partial charge >= 0.3 is 0 Å². The van der Waals surface area contributed by atoms with Crippen molar-refractivity contribution in [2.24, 2.45) is 0 Å². The average Bonchev–Trinajstić information content (AvgIpc) is 2.82. The van der Waals surface area contributed by atoms with E-state index in [1.165, 1.54) is 16.7 Å². The van der Waals surface area contributed by atoms with Gasteiger partial charge in [-0.3, -0.25) is 4.79 Å². The summed E-state index contributed by atoms with van der Waals surface area (Å²) in [7, 11) is 0. The Morgan fingerprint density at radius 1 is 0.935 bits per heavy atom. The largest absolute Gasteiger partial charge is 0.486 e. The molecule has 0 saturated carbocycles. The van der Waals surface area contributed by atoms with Crippen LogP contribution in [-0.4, -0.2) is 30.1 Å². The molecule has 0 spiro atoms. The Hall–Kier alpha value is -3.27. The molecule has 0 saturated heterocycles. The number of hydrogen-bond acceptors (Lipinski definition) is 3. The van der Waals surface area contributed by atoms with Crippen LogP contribution in [0.25, 0.3) is 0 Å². The van der Waals surface area contributed by atoms with Crippen LogP contribution >= 0.6 is 0 Å². The van der Waals surface area contributed by atoms with Crippen molar-refractivity contribution in [2.45, 2.75) is 39.3 Å². The zero-order chi connectivity index (χ0) is 21.6. The molecule has 1 amide bonds. The van der Waals surface area contributed by atoms with Gasteiger partial charge in [-0.25, -0.2) is 0 Å². The Labute approximate surface area is 184 Å². The molecule has 1 aliphatic rings. The van der Waals surface area contributed by atoms with Crippen molar-refractivity contribution >= 4 is 5.91 Å². The average molecular weight is 416 g/mol. The Balaban J connectivity index is 1.57. The van der Waals surface area contributed by atoms with Gasteiger partial charge in [-0.2, -0.15) is 0 Å². The summed E-state index contributed by atoms with van der Waals surface area (Å²) >= 11 is 0. The molecule has 0 unspecified atom stereocenters. The molecule has 160 valence electrons. The Morgan fingerprint density at radius 2 is 1.65 bits per heavy atom. The minimum absolute atomic E-state index is 0.0146. The standard InChI is InChI=1S/C27H29NO3/c1-20-8-6-7-11-24(20)19-28(21(2)12-13-22-9-4-3-5-10-22)27(29)23-14-15-25-26(18-23)31-17-16-30-25/h3-11,14-15,18,21H,12-13,16-17,19H2,1-2H3/t21-/m1/s1. The van der Waals surface area contributed by atoms with E-state index in [1.54, 1.807) is 0 Å². The van der Waals surface area contributed by atoms with Gasteiger partial charge in [-0.1, -0.05) is 54.6 Å². The fraction of sp³-hybridized carbons (Fsp3) is 0.296. The first-order valence-corrected chi connectivity index (χ1v) is 10.9. The lowest BCUT2D eigenvalue weighted by Gasteiger charge is -2.31. The third-order valence-corrected chi connectivity index (χ3v) is 5.88. The zero-order valence-corrected chi connectivity index (χ0v) is 18.2. The summed E-state index contributed by atoms with van der Waals surface area (Å²) < 4.78 is 11.3. The molecule has 3 aromatic carbocycles. The van der Waals surface area contributed by atoms with Crippen LogP contribution in [0.2, 0.25) is 0 Å². The van der Waals surface area contributed by atoms with Crippen molar-refractivity contribution in [1.82, 2.24) is 4.90 Å². The van der Waals surface area contributed by atoms with Gasteiger partial charge in [0.2, 0.25) is 0 Å². The van der Waals surface area contributed by atoms with Gasteiger partial charge in [0.25, 0.3) is 5.91 Å². The van der Waals surface area contributed by atoms with Crippen molar-refractivity contribution < 1.29 is 14.3 Å². The lowest BCUT2D eigenvalue weighted by Crippen LogP contribution is -2.38. The molecule has 0 aliphatic carbocycles. The smallest absolute Gasteiger partial charge is 0.254 e. The molecular weight excluding hydrogens is 386 g/mol. The summed E-state index contributed by atoms with van der Waals surface area (Å²) in [5.74, 6) is 1.36. The fourth-order valence-electron chi connectivity index (χ4n) is 3.92. The van der Waals surface area contributed by atoms with Gasteiger partial charge in [0.15, 0.2) is 11.5 Å². The second-order valence-electron chi connectivity index (χ2n) is 8.09. The number of ether oxygens (including phenoxy) is 2. The van der Waals surface area contributed by atoms with E-state index in [4.69, 9.17) is 9.47 Å². The summed E-state index contributed by atoms with van der Waals surface area (Å²) in [6, 6.07) is 24.3. The second-order valence-corrected chi connectivity index (χ2v) is 8.09. The van der Waals surface area contributed by atoms with Crippen LogP contribution in [0, 0.1) is 6.92 Å². The van der Waals surface area contributed by atoms with Gasteiger partial charge in [0.1, 0.15) is 13.2 Å². The zero-order valence-electron chi connectivity index (χ0n) is 18.2. The first-order chi connectivity index (χ1) is 15.1. The molecule has 0 N–H and O–H groups in total. The molecule has 4 rings (SSSR count). The first kappa shape index (κ1) is 21.0. The third-order valence-electron chi connectivity index (χ3n) is 5.88. The summed E-state index contributed by atoms with van der Waals surface area (Å²) in [5, 5.41) is 0. The number of nitrogens with zero attached hydrogens (tertiary/aromatic N) is 1. The molecule has 0 radical (unpaired) electrons. The van der Waals surface area contributed by atoms with Crippen LogP contribution in [-0.2, 0) is 13.0 Å². The van der Waals surface area contributed by atoms with E-state index in [9.17, 15) is 4.79 Å². The quantitative estimate of drug-likeness (QED) is 0.516. The number of carbonyl (C=O) groups excluding carboxylic acids is 1. The second kappa shape index (κ2) is 9.69. The maximum atomic E-state index is 13.6. The van der Waals surface area contributed by atoms with Crippen LogP contribution in [0.3, 0.4) is 0 Å². The van der Waals surface area contributed by atoms with Crippen molar-refractivity contribution in [2.75, 3.05) is 13.2 Å². The number of aryl methyl sites for hydroxylation is 2. The maximum Gasteiger partial charge on any atom is 0.254 e. The summed E-state index contributed by atoms with van der Waals surface area (Å²) in [6.07, 6.45) is 1.83. The number of hydrogen-bond donors (Lipinski definition) is 0. The van der Waals surface area contributed by atoms with Gasteiger partial charge < -0.3 is 14.4 Å². The first-order valence-electron chi connectivity index (χ1n) is 10.9. The number of rotatable bonds is 7. The van der Waals surface area contributed by atoms with Crippen molar-refractivity contribution in [3.8, 4) is 11.5 Å². The molecule has 4 nitrogen and oxygen atoms in total. The Morgan fingerprint density at radius 3 is 2.42 bits per heavy atom. The minimum Gasteiger partial charge on any atom is -0.486 e. The lowest BCUT2D eigenvalue weighted by atomic mass is 10.0. The van der Waals surface area contributed by atoms with Gasteiger partial charge in [0.05, 0.1) is 0 Å². The van der Waals surface area contributed by atoms with Crippen molar-refractivity contribution in [3.63, 3.8) is 0 Å². The molecule has 0 aromatic heterocycles. The third kappa shape index (κ3) is 5.08. The highest BCUT2D eigenvalue weighted by atomic mass is 16.6. The molecule has 0 bridgehead atoms. The monoisotopic (exact) mass is 415 g/mol. The Bertz CT molecular complexity index is 1030. The predicted molar refractivity (Wildman–Crippen MR) is 123 cm³/mol. The topological polar surface area (TPSA) is 38.8 Å². The van der Waals surface area contributed by atoms with Crippen LogP contribution in [0.5, 0.6) is 11.5 Å². The van der Waals surface area contributed by atoms with E-state index in [2.05, 4.69) is 50.2 Å². The molecule has 1 atom stereocenters. The van der Waals surface area contributed by atoms with Gasteiger partial charge in [-0.05, 0) is 61.6 Å². The SMILES string of the molecule is Cc1ccccc1CN(C(=O)c1ccc2c(c1)OCCO2)[C@H](C)CCc1ccccc1. The highest BCUT2D eigenvalue weighted by Crippen LogP contribution is 2.31. The predicted octanol–water partition coefficient (Wildman–Crippen LogP) is 5.43. The van der Waals surface area contributed by atoms with Gasteiger partial charge in [-0.15, -0.1) is 0 Å². The molecule has 0 fully saturated rings. The van der Waals surface area contributed by atoms with E-state index in [0.29, 0.717) is 36.8 Å². The molecule has 3 aromatic rings. The minimum atomic E-state index is 0.0146. The maximum absolute atomic E-state index is 13.6. The van der Waals surface area contributed by atoms with E-state index >= 15 is 0 Å². The lowest BCUT2D eigenvalue weighted by molar-refractivity contribution is 0.0666. The van der Waals surface area contributed by atoms with Gasteiger partial charge in [0, 0.05) is 18.2 Å². The van der Waals surface area contributed by atoms with E-state index in [1.807, 2.05) is 41.3 Å². The summed E-state index contributed by atoms with van der Waals surface area (Å²) in [6.45, 7) is 5.85. The molecule has 1 aliphatic heterocycles. The van der Waals surface area contributed by atoms with Crippen LogP contribution < -0.4 is 9.47 Å². The molecule has 4 heteroatoms. The highest BCUT2D eigenvalue weighted by molar-refractivity contribution is 5.95. The summed E-state index contributed by atoms with van der Waals surface area (Å²) in [5.41, 5.74) is 4.28. The van der Waals surface area contributed by atoms with Crippen LogP contribution in [0.15, 0.2) is 72.8 Å². The van der Waals surface area contributed by atoms with E-state index in [-0.39, 0.29) is 11.9 Å². The number of amides is 1. The normalized spacial score (nSPS) is 13.5. The van der Waals surface area contributed by atoms with Crippen LogP contribution in [0.1, 0.15) is 40.4 Å². The highest BCUT2D eigenvalue weighted by Gasteiger charge is 2.24. The Kier molecular flexibility index (Phi) is 6.56. The number of fused-ring (bicyclic) bond motifs is 1. The fourth-order valence-corrected chi connectivity index (χ4v) is 3.92. The van der Waals surface area contributed by atoms with Crippen molar-refractivity contribution in [3.05, 3.63) is 95.1 Å². The van der Waals surface area contributed by atoms with E-state index in [0.717, 1.165) is 12.8 Å². The molecule has 1 heterocycles. The number of benzene rings is 3. The van der Waals surface area contributed by atoms with Crippen LogP contribution in [0.4, 0.5) is 0 Å². The van der Waals surface area contributed by atoms with E-state index < -0.39 is 0 Å². The molecular formula is C27H29NO3. The summed E-state index contributed by atoms with van der Waals surface area (Å²) in [4.78, 5) is 15.6. The molecule has 31 heavy (non-hydrogen) atoms. The number of carbonyl (C=O) groups is 1. The van der Waals surface area contributed by atoms with Crippen molar-refractivity contribution in [1.29, 1.82) is 0 Å².